The molecule has 3 aromatic rings. The lowest BCUT2D eigenvalue weighted by Crippen LogP contribution is -2.11. The zero-order valence-corrected chi connectivity index (χ0v) is 12.6. The van der Waals surface area contributed by atoms with Crippen LogP contribution in [0.5, 0.6) is 5.75 Å². The Morgan fingerprint density at radius 1 is 1.14 bits per heavy atom. The lowest BCUT2D eigenvalue weighted by molar-refractivity contribution is 0.470. The normalized spacial score (nSPS) is 14.7. The molecular formula is C15H14N4O2S. The Bertz CT molecular complexity index is 898. The molecular weight excluding hydrogens is 300 g/mol. The van der Waals surface area contributed by atoms with Crippen molar-refractivity contribution in [3.05, 3.63) is 33.2 Å². The Labute approximate surface area is 129 Å². The molecule has 0 amide bonds. The first-order valence-corrected chi connectivity index (χ1v) is 8.10. The van der Waals surface area contributed by atoms with Crippen molar-refractivity contribution < 1.29 is 5.11 Å². The van der Waals surface area contributed by atoms with E-state index < -0.39 is 0 Å². The summed E-state index contributed by atoms with van der Waals surface area (Å²) < 4.78 is 0. The lowest BCUT2D eigenvalue weighted by atomic mass is 10.1. The van der Waals surface area contributed by atoms with E-state index in [0.29, 0.717) is 11.6 Å². The molecule has 6 nitrogen and oxygen atoms in total. The predicted octanol–water partition coefficient (Wildman–Crippen LogP) is 2.42. The summed E-state index contributed by atoms with van der Waals surface area (Å²) in [6.45, 7) is 0. The first-order chi connectivity index (χ1) is 10.7. The number of nitrogens with one attached hydrogen (secondary N) is 1. The monoisotopic (exact) mass is 314 g/mol. The van der Waals surface area contributed by atoms with Gasteiger partial charge in [0.2, 0.25) is 0 Å². The van der Waals surface area contributed by atoms with Crippen LogP contribution in [0.15, 0.2) is 17.2 Å². The van der Waals surface area contributed by atoms with Crippen LogP contribution in [0.2, 0.25) is 0 Å². The molecule has 0 fully saturated rings. The van der Waals surface area contributed by atoms with E-state index in [9.17, 15) is 9.90 Å². The fraction of sp³-hybridized carbons (Fsp3) is 0.333. The number of hydrogen-bond acceptors (Lipinski definition) is 6. The van der Waals surface area contributed by atoms with E-state index in [1.165, 1.54) is 35.7 Å². The van der Waals surface area contributed by atoms with Crippen molar-refractivity contribution in [2.45, 2.75) is 32.1 Å². The van der Waals surface area contributed by atoms with Gasteiger partial charge in [0.15, 0.2) is 17.4 Å². The third-order valence-electron chi connectivity index (χ3n) is 3.93. The number of H-pyrrole nitrogens is 1. The van der Waals surface area contributed by atoms with Crippen LogP contribution < -0.4 is 5.56 Å². The van der Waals surface area contributed by atoms with Crippen LogP contribution in [0.25, 0.3) is 21.9 Å². The molecule has 1 aliphatic rings. The number of aromatic amines is 1. The molecule has 0 radical (unpaired) electrons. The molecule has 1 aliphatic carbocycles. The van der Waals surface area contributed by atoms with Crippen molar-refractivity contribution in [2.24, 2.45) is 0 Å². The van der Waals surface area contributed by atoms with Crippen molar-refractivity contribution in [1.82, 2.24) is 19.9 Å². The second-order valence-corrected chi connectivity index (χ2v) is 6.51. The quantitative estimate of drug-likeness (QED) is 0.673. The number of fused-ring (bicyclic) bond motifs is 3. The summed E-state index contributed by atoms with van der Waals surface area (Å²) >= 11 is 1.60. The van der Waals surface area contributed by atoms with Crippen LogP contribution in [-0.4, -0.2) is 25.0 Å². The van der Waals surface area contributed by atoms with E-state index in [2.05, 4.69) is 19.9 Å². The maximum atomic E-state index is 12.5. The molecule has 0 aliphatic heterocycles. The molecule has 0 spiro atoms. The summed E-state index contributed by atoms with van der Waals surface area (Å²) in [6, 6.07) is 0. The second-order valence-electron chi connectivity index (χ2n) is 5.42. The molecule has 22 heavy (non-hydrogen) atoms. The number of thiophene rings is 1. The van der Waals surface area contributed by atoms with Gasteiger partial charge in [0.05, 0.1) is 17.8 Å². The predicted molar refractivity (Wildman–Crippen MR) is 84.2 cm³/mol. The van der Waals surface area contributed by atoms with Crippen LogP contribution in [0.3, 0.4) is 0 Å². The van der Waals surface area contributed by atoms with E-state index in [-0.39, 0.29) is 11.3 Å². The van der Waals surface area contributed by atoms with Gasteiger partial charge >= 0.3 is 0 Å². The maximum Gasteiger partial charge on any atom is 0.260 e. The third-order valence-corrected chi connectivity index (χ3v) is 5.11. The summed E-state index contributed by atoms with van der Waals surface area (Å²) in [6.07, 6.45) is 8.07. The van der Waals surface area contributed by atoms with Gasteiger partial charge in [-0.1, -0.05) is 6.42 Å². The minimum Gasteiger partial charge on any atom is -0.505 e. The van der Waals surface area contributed by atoms with Crippen LogP contribution in [0.4, 0.5) is 0 Å². The highest BCUT2D eigenvalue weighted by Crippen LogP contribution is 2.33. The number of rotatable bonds is 1. The molecule has 3 aromatic heterocycles. The summed E-state index contributed by atoms with van der Waals surface area (Å²) in [5.41, 5.74) is 1.04. The number of nitrogens with zero attached hydrogens (tertiary/aromatic N) is 3. The fourth-order valence-corrected chi connectivity index (χ4v) is 4.15. The van der Waals surface area contributed by atoms with Gasteiger partial charge < -0.3 is 10.1 Å². The molecule has 0 atom stereocenters. The smallest absolute Gasteiger partial charge is 0.260 e. The highest BCUT2D eigenvalue weighted by molar-refractivity contribution is 7.18. The Balaban J connectivity index is 1.90. The maximum absolute atomic E-state index is 12.5. The zero-order chi connectivity index (χ0) is 15.1. The molecule has 4 rings (SSSR count). The van der Waals surface area contributed by atoms with Gasteiger partial charge in [-0.05, 0) is 31.2 Å². The van der Waals surface area contributed by atoms with Gasteiger partial charge in [-0.2, -0.15) is 0 Å². The summed E-state index contributed by atoms with van der Waals surface area (Å²) in [4.78, 5) is 29.8. The van der Waals surface area contributed by atoms with Gasteiger partial charge in [0.25, 0.3) is 5.56 Å². The fourth-order valence-electron chi connectivity index (χ4n) is 2.89. The molecule has 3 heterocycles. The van der Waals surface area contributed by atoms with Crippen LogP contribution in [0.1, 0.15) is 29.7 Å². The van der Waals surface area contributed by atoms with E-state index >= 15 is 0 Å². The highest BCUT2D eigenvalue weighted by atomic mass is 32.1. The average Bonchev–Trinajstić information content (AvgIpc) is 2.70. The Hall–Kier alpha value is -2.28. The van der Waals surface area contributed by atoms with Crippen molar-refractivity contribution in [3.8, 4) is 17.4 Å². The molecule has 7 heteroatoms. The van der Waals surface area contributed by atoms with Gasteiger partial charge in [-0.25, -0.2) is 15.0 Å². The molecule has 0 saturated heterocycles. The lowest BCUT2D eigenvalue weighted by Gasteiger charge is -2.01. The third kappa shape index (κ3) is 2.18. The Kier molecular flexibility index (Phi) is 3.15. The molecule has 0 aromatic carbocycles. The number of aromatic nitrogens is 4. The van der Waals surface area contributed by atoms with Gasteiger partial charge in [0.1, 0.15) is 4.83 Å². The van der Waals surface area contributed by atoms with Gasteiger partial charge in [0, 0.05) is 4.88 Å². The number of hydrogen-bond donors (Lipinski definition) is 2. The molecule has 0 saturated carbocycles. The van der Waals surface area contributed by atoms with Gasteiger partial charge in [-0.3, -0.25) is 4.79 Å². The largest absolute Gasteiger partial charge is 0.505 e. The molecule has 0 unspecified atom stereocenters. The van der Waals surface area contributed by atoms with Crippen LogP contribution >= 0.6 is 11.3 Å². The highest BCUT2D eigenvalue weighted by Gasteiger charge is 2.19. The summed E-state index contributed by atoms with van der Waals surface area (Å²) in [7, 11) is 0. The SMILES string of the molecule is O=c1[nH]c(-c2ncc(O)cn2)nc2sc3c(c12)CCCCC3. The molecule has 2 N–H and O–H groups in total. The average molecular weight is 314 g/mol. The van der Waals surface area contributed by atoms with Crippen molar-refractivity contribution in [1.29, 1.82) is 0 Å². The minimum absolute atomic E-state index is 0.0185. The summed E-state index contributed by atoms with van der Waals surface area (Å²) in [5, 5.41) is 9.98. The van der Waals surface area contributed by atoms with Crippen LogP contribution in [-0.2, 0) is 12.8 Å². The van der Waals surface area contributed by atoms with Crippen LogP contribution in [0, 0.1) is 0 Å². The first-order valence-electron chi connectivity index (χ1n) is 7.28. The van der Waals surface area contributed by atoms with E-state index in [1.807, 2.05) is 0 Å². The van der Waals surface area contributed by atoms with Crippen molar-refractivity contribution >= 4 is 21.6 Å². The van der Waals surface area contributed by atoms with E-state index in [1.54, 1.807) is 11.3 Å². The molecule has 0 bridgehead atoms. The van der Waals surface area contributed by atoms with Crippen molar-refractivity contribution in [2.75, 3.05) is 0 Å². The minimum atomic E-state index is -0.129. The standard InChI is InChI=1S/C15H14N4O2S/c20-8-6-16-12(17-7-8)13-18-14(21)11-9-4-2-1-3-5-10(9)22-15(11)19-13/h6-7,20H,1-5H2,(H,18,19,21). The first kappa shape index (κ1) is 13.4. The number of aryl methyl sites for hydroxylation is 2. The zero-order valence-electron chi connectivity index (χ0n) is 11.8. The topological polar surface area (TPSA) is 91.8 Å². The Morgan fingerprint density at radius 2 is 1.91 bits per heavy atom. The van der Waals surface area contributed by atoms with Crippen molar-refractivity contribution in [3.63, 3.8) is 0 Å². The van der Waals surface area contributed by atoms with Gasteiger partial charge in [-0.15, -0.1) is 11.3 Å². The molecule has 112 valence electrons. The van der Waals surface area contributed by atoms with E-state index in [0.717, 1.165) is 29.5 Å². The summed E-state index contributed by atoms with van der Waals surface area (Å²) in [5.74, 6) is 0.629. The Morgan fingerprint density at radius 3 is 2.73 bits per heavy atom. The van der Waals surface area contributed by atoms with E-state index in [4.69, 9.17) is 0 Å². The second kappa shape index (κ2) is 5.17. The number of aromatic hydroxyl groups is 1.